The van der Waals surface area contributed by atoms with Crippen LogP contribution in [0.1, 0.15) is 0 Å². The van der Waals surface area contributed by atoms with Crippen molar-refractivity contribution in [2.75, 3.05) is 0 Å². The van der Waals surface area contributed by atoms with E-state index in [1.54, 1.807) is 0 Å². The molecule has 2 heterocycles. The molecule has 0 spiro atoms. The monoisotopic (exact) mass is 640 g/mol. The van der Waals surface area contributed by atoms with E-state index in [-0.39, 0.29) is 0 Å². The van der Waals surface area contributed by atoms with Gasteiger partial charge in [0.25, 0.3) is 0 Å². The lowest BCUT2D eigenvalue weighted by atomic mass is 9.93. The van der Waals surface area contributed by atoms with Crippen molar-refractivity contribution in [3.05, 3.63) is 170 Å². The number of thiophene rings is 1. The predicted molar refractivity (Wildman–Crippen MR) is 209 cm³/mol. The Morgan fingerprint density at radius 2 is 0.857 bits per heavy atom. The van der Waals surface area contributed by atoms with Gasteiger partial charge >= 0.3 is 0 Å². The summed E-state index contributed by atoms with van der Waals surface area (Å²) < 4.78 is 2.52. The highest BCUT2D eigenvalue weighted by molar-refractivity contribution is 7.26. The fraction of sp³-hybridized carbons (Fsp3) is 0. The van der Waals surface area contributed by atoms with E-state index < -0.39 is 0 Å². The van der Waals surface area contributed by atoms with Crippen LogP contribution in [0.3, 0.4) is 0 Å². The summed E-state index contributed by atoms with van der Waals surface area (Å²) in [7, 11) is 0. The van der Waals surface area contributed by atoms with Crippen molar-refractivity contribution in [3.8, 4) is 45.0 Å². The molecule has 0 aliphatic heterocycles. The molecule has 0 saturated carbocycles. The van der Waals surface area contributed by atoms with Crippen molar-refractivity contribution in [2.24, 2.45) is 0 Å². The van der Waals surface area contributed by atoms with Crippen LogP contribution in [-0.2, 0) is 0 Å². The van der Waals surface area contributed by atoms with Crippen molar-refractivity contribution >= 4 is 63.8 Å². The molecule has 0 unspecified atom stereocenters. The molecule has 0 amide bonds. The number of nitrogens with zero attached hydrogens (tertiary/aromatic N) is 2. The van der Waals surface area contributed by atoms with Crippen LogP contribution in [0.2, 0.25) is 0 Å². The van der Waals surface area contributed by atoms with Gasteiger partial charge in [0.1, 0.15) is 0 Å². The molecule has 10 rings (SSSR count). The number of hydrogen-bond donors (Lipinski definition) is 0. The molecule has 2 aromatic heterocycles. The van der Waals surface area contributed by atoms with E-state index in [4.69, 9.17) is 9.97 Å². The molecule has 3 heteroatoms. The zero-order valence-electron chi connectivity index (χ0n) is 26.5. The summed E-state index contributed by atoms with van der Waals surface area (Å²) in [6.45, 7) is 0. The lowest BCUT2D eigenvalue weighted by molar-refractivity contribution is 1.19. The van der Waals surface area contributed by atoms with Crippen LogP contribution in [0.4, 0.5) is 0 Å². The number of hydrogen-bond acceptors (Lipinski definition) is 3. The Hall–Kier alpha value is -6.16. The Bertz CT molecular complexity index is 2850. The molecule has 8 aromatic carbocycles. The second-order valence-electron chi connectivity index (χ2n) is 12.5. The van der Waals surface area contributed by atoms with Crippen LogP contribution in [0.25, 0.3) is 97.5 Å². The van der Waals surface area contributed by atoms with Crippen molar-refractivity contribution in [1.29, 1.82) is 0 Å². The number of benzene rings is 8. The summed E-state index contributed by atoms with van der Waals surface area (Å²) in [5.41, 5.74) is 7.34. The SMILES string of the molecule is c1ccc(-c2ccccc2-c2cc(-c3cccc4c3sc3ccccc34)nc(-c3ccc4c5ccccc5c5ccccc5c4c3)n2)cc1. The molecule has 10 aromatic rings. The van der Waals surface area contributed by atoms with Gasteiger partial charge in [-0.05, 0) is 61.6 Å². The smallest absolute Gasteiger partial charge is 0.160 e. The molecular weight excluding hydrogens is 613 g/mol. The second kappa shape index (κ2) is 11.2. The first kappa shape index (κ1) is 27.9. The number of rotatable bonds is 4. The normalized spacial score (nSPS) is 11.7. The predicted octanol–water partition coefficient (Wildman–Crippen LogP) is 13.0. The fourth-order valence-electron chi connectivity index (χ4n) is 7.42. The molecule has 0 bridgehead atoms. The minimum absolute atomic E-state index is 0.715. The molecule has 0 radical (unpaired) electrons. The zero-order valence-corrected chi connectivity index (χ0v) is 27.3. The Balaban J connectivity index is 1.26. The van der Waals surface area contributed by atoms with Crippen LogP contribution < -0.4 is 0 Å². The molecule has 0 N–H and O–H groups in total. The van der Waals surface area contributed by atoms with E-state index in [9.17, 15) is 0 Å². The van der Waals surface area contributed by atoms with E-state index in [1.165, 1.54) is 52.5 Å². The highest BCUT2D eigenvalue weighted by atomic mass is 32.1. The highest BCUT2D eigenvalue weighted by Gasteiger charge is 2.18. The summed E-state index contributed by atoms with van der Waals surface area (Å²) in [5.74, 6) is 0.715. The molecular formula is C46H28N2S. The maximum atomic E-state index is 5.37. The van der Waals surface area contributed by atoms with E-state index >= 15 is 0 Å². The van der Waals surface area contributed by atoms with Gasteiger partial charge in [-0.2, -0.15) is 0 Å². The van der Waals surface area contributed by atoms with Gasteiger partial charge in [-0.25, -0.2) is 9.97 Å². The summed E-state index contributed by atoms with van der Waals surface area (Å²) in [6.07, 6.45) is 0. The van der Waals surface area contributed by atoms with Gasteiger partial charge in [0.2, 0.25) is 0 Å². The fourth-order valence-corrected chi connectivity index (χ4v) is 8.65. The third kappa shape index (κ3) is 4.55. The van der Waals surface area contributed by atoms with Crippen molar-refractivity contribution in [1.82, 2.24) is 9.97 Å². The van der Waals surface area contributed by atoms with Crippen LogP contribution in [0.5, 0.6) is 0 Å². The average Bonchev–Trinajstić information content (AvgIpc) is 3.57. The first-order valence-electron chi connectivity index (χ1n) is 16.6. The second-order valence-corrected chi connectivity index (χ2v) is 13.6. The molecule has 0 atom stereocenters. The van der Waals surface area contributed by atoms with Crippen LogP contribution in [0.15, 0.2) is 170 Å². The van der Waals surface area contributed by atoms with Crippen LogP contribution in [-0.4, -0.2) is 9.97 Å². The van der Waals surface area contributed by atoms with Gasteiger partial charge in [-0.15, -0.1) is 11.3 Å². The van der Waals surface area contributed by atoms with Crippen molar-refractivity contribution in [3.63, 3.8) is 0 Å². The largest absolute Gasteiger partial charge is 0.228 e. The summed E-state index contributed by atoms with van der Waals surface area (Å²) in [5, 5.41) is 10.00. The van der Waals surface area contributed by atoms with Crippen molar-refractivity contribution in [2.45, 2.75) is 0 Å². The third-order valence-corrected chi connectivity index (χ3v) is 10.9. The van der Waals surface area contributed by atoms with Gasteiger partial charge < -0.3 is 0 Å². The van der Waals surface area contributed by atoms with Gasteiger partial charge in [-0.1, -0.05) is 152 Å². The van der Waals surface area contributed by atoms with Crippen molar-refractivity contribution < 1.29 is 0 Å². The molecule has 49 heavy (non-hydrogen) atoms. The Morgan fingerprint density at radius 1 is 0.327 bits per heavy atom. The van der Waals surface area contributed by atoms with E-state index in [0.29, 0.717) is 5.82 Å². The Labute approximate surface area is 287 Å². The van der Waals surface area contributed by atoms with Gasteiger partial charge in [-0.3, -0.25) is 0 Å². The van der Waals surface area contributed by atoms with Gasteiger partial charge in [0.05, 0.1) is 11.4 Å². The topological polar surface area (TPSA) is 25.8 Å². The maximum absolute atomic E-state index is 5.37. The van der Waals surface area contributed by atoms with Crippen LogP contribution >= 0.6 is 11.3 Å². The van der Waals surface area contributed by atoms with Crippen LogP contribution in [0, 0.1) is 0 Å². The zero-order chi connectivity index (χ0) is 32.3. The first-order valence-corrected chi connectivity index (χ1v) is 17.4. The molecule has 228 valence electrons. The number of aromatic nitrogens is 2. The standard InChI is InChI=1S/C46H28N2S/c1-2-13-29(14-3-1)31-15-4-9-20-37(31)42-28-43(40-23-12-22-39-38-21-10-11-24-44(38)49-45(39)40)48-46(47-42)30-25-26-36-34-18-6-5-16-32(34)33-17-7-8-19-35(33)41(36)27-30/h1-28H. The molecule has 0 aliphatic carbocycles. The van der Waals surface area contributed by atoms with E-state index in [2.05, 4.69) is 170 Å². The lowest BCUT2D eigenvalue weighted by Crippen LogP contribution is -1.97. The molecule has 0 aliphatic rings. The maximum Gasteiger partial charge on any atom is 0.160 e. The van der Waals surface area contributed by atoms with Gasteiger partial charge in [0, 0.05) is 36.9 Å². The average molecular weight is 641 g/mol. The minimum Gasteiger partial charge on any atom is -0.228 e. The number of fused-ring (bicyclic) bond motifs is 9. The van der Waals surface area contributed by atoms with E-state index in [0.717, 1.165) is 39.2 Å². The quantitative estimate of drug-likeness (QED) is 0.179. The summed E-state index contributed by atoms with van der Waals surface area (Å²) >= 11 is 1.83. The highest BCUT2D eigenvalue weighted by Crippen LogP contribution is 2.42. The first-order chi connectivity index (χ1) is 24.3. The van der Waals surface area contributed by atoms with E-state index in [1.807, 2.05) is 11.3 Å². The summed E-state index contributed by atoms with van der Waals surface area (Å²) in [6, 6.07) is 60.7. The third-order valence-electron chi connectivity index (χ3n) is 9.70. The Kier molecular flexibility index (Phi) is 6.39. The molecule has 0 saturated heterocycles. The summed E-state index contributed by atoms with van der Waals surface area (Å²) in [4.78, 5) is 10.7. The minimum atomic E-state index is 0.715. The van der Waals surface area contributed by atoms with Gasteiger partial charge in [0.15, 0.2) is 5.82 Å². The Morgan fingerprint density at radius 3 is 1.59 bits per heavy atom. The lowest BCUT2D eigenvalue weighted by Gasteiger charge is -2.14. The molecule has 0 fully saturated rings. The molecule has 2 nitrogen and oxygen atoms in total.